The highest BCUT2D eigenvalue weighted by Gasteiger charge is 2.17. The number of hydrogen-bond donors (Lipinski definition) is 1. The summed E-state index contributed by atoms with van der Waals surface area (Å²) in [5.41, 5.74) is 0.675. The van der Waals surface area contributed by atoms with Gasteiger partial charge in [-0.3, -0.25) is 4.79 Å². The maximum Gasteiger partial charge on any atom is 0.287 e. The molecular weight excluding hydrogens is 337 g/mol. The van der Waals surface area contributed by atoms with Crippen LogP contribution in [0.3, 0.4) is 0 Å². The highest BCUT2D eigenvalue weighted by molar-refractivity contribution is 6.36. The lowest BCUT2D eigenvalue weighted by Crippen LogP contribution is -2.25. The summed E-state index contributed by atoms with van der Waals surface area (Å²) in [6.45, 7) is 1.83. The van der Waals surface area contributed by atoms with E-state index in [-0.39, 0.29) is 17.7 Å². The van der Waals surface area contributed by atoms with Crippen LogP contribution in [-0.2, 0) is 0 Å². The molecule has 4 nitrogen and oxygen atoms in total. The monoisotopic (exact) mass is 349 g/mol. The molecule has 1 N–H and O–H groups in total. The van der Waals surface area contributed by atoms with Crippen molar-refractivity contribution in [1.82, 2.24) is 5.32 Å². The molecule has 3 aromatic rings. The zero-order chi connectivity index (χ0) is 16.4. The fourth-order valence-electron chi connectivity index (χ4n) is 2.17. The molecule has 23 heavy (non-hydrogen) atoms. The Bertz CT molecular complexity index is 824. The van der Waals surface area contributed by atoms with Crippen molar-refractivity contribution in [2.75, 3.05) is 0 Å². The number of rotatable bonds is 4. The summed E-state index contributed by atoms with van der Waals surface area (Å²) in [7, 11) is 0. The predicted octanol–water partition coefficient (Wildman–Crippen LogP) is 5.34. The van der Waals surface area contributed by atoms with Crippen molar-refractivity contribution in [2.24, 2.45) is 0 Å². The minimum Gasteiger partial charge on any atom is -0.467 e. The van der Waals surface area contributed by atoms with Gasteiger partial charge in [-0.2, -0.15) is 0 Å². The molecular formula is C17H13Cl2NO3. The van der Waals surface area contributed by atoms with Gasteiger partial charge in [0.15, 0.2) is 5.76 Å². The van der Waals surface area contributed by atoms with Crippen LogP contribution in [-0.4, -0.2) is 5.91 Å². The second-order valence-corrected chi connectivity index (χ2v) is 5.84. The van der Waals surface area contributed by atoms with Crippen LogP contribution in [0.2, 0.25) is 10.0 Å². The number of halogens is 2. The van der Waals surface area contributed by atoms with E-state index in [4.69, 9.17) is 32.0 Å². The Balaban J connectivity index is 1.77. The lowest BCUT2D eigenvalue weighted by Gasteiger charge is -2.09. The third kappa shape index (κ3) is 3.44. The molecule has 0 spiro atoms. The Kier molecular flexibility index (Phi) is 4.46. The summed E-state index contributed by atoms with van der Waals surface area (Å²) >= 11 is 12.0. The number of carbonyl (C=O) groups excluding carboxylic acids is 1. The number of amides is 1. The van der Waals surface area contributed by atoms with E-state index in [1.807, 2.05) is 6.92 Å². The van der Waals surface area contributed by atoms with Crippen LogP contribution in [0.4, 0.5) is 0 Å². The van der Waals surface area contributed by atoms with E-state index in [1.165, 1.54) is 0 Å². The molecule has 2 heterocycles. The van der Waals surface area contributed by atoms with E-state index in [1.54, 1.807) is 48.7 Å². The van der Waals surface area contributed by atoms with Gasteiger partial charge in [-0.05, 0) is 49.4 Å². The first-order chi connectivity index (χ1) is 11.0. The third-order valence-corrected chi connectivity index (χ3v) is 3.89. The maximum atomic E-state index is 12.2. The van der Waals surface area contributed by atoms with E-state index in [0.29, 0.717) is 27.1 Å². The Hall–Kier alpha value is -2.17. The molecule has 118 valence electrons. The van der Waals surface area contributed by atoms with Crippen LogP contribution in [0.1, 0.15) is 29.3 Å². The van der Waals surface area contributed by atoms with Crippen molar-refractivity contribution < 1.29 is 13.6 Å². The molecule has 0 saturated heterocycles. The van der Waals surface area contributed by atoms with Gasteiger partial charge in [0.25, 0.3) is 5.91 Å². The molecule has 1 amide bonds. The second-order valence-electron chi connectivity index (χ2n) is 5.00. The number of hydrogen-bond acceptors (Lipinski definition) is 3. The van der Waals surface area contributed by atoms with Crippen molar-refractivity contribution in [3.63, 3.8) is 0 Å². The normalized spacial score (nSPS) is 12.1. The Morgan fingerprint density at radius 2 is 2.00 bits per heavy atom. The van der Waals surface area contributed by atoms with Crippen LogP contribution >= 0.6 is 23.2 Å². The number of benzene rings is 1. The number of nitrogens with one attached hydrogen (secondary N) is 1. The van der Waals surface area contributed by atoms with E-state index in [2.05, 4.69) is 5.32 Å². The van der Waals surface area contributed by atoms with Gasteiger partial charge in [0.05, 0.1) is 17.3 Å². The first kappa shape index (κ1) is 15.7. The minimum absolute atomic E-state index is 0.199. The van der Waals surface area contributed by atoms with Gasteiger partial charge in [-0.25, -0.2) is 0 Å². The molecule has 1 aromatic carbocycles. The predicted molar refractivity (Wildman–Crippen MR) is 88.8 cm³/mol. The molecule has 3 rings (SSSR count). The van der Waals surface area contributed by atoms with Crippen molar-refractivity contribution in [3.8, 4) is 11.3 Å². The molecule has 0 fully saturated rings. The lowest BCUT2D eigenvalue weighted by atomic mass is 10.2. The molecule has 2 aromatic heterocycles. The van der Waals surface area contributed by atoms with Gasteiger partial charge in [-0.1, -0.05) is 23.2 Å². The average Bonchev–Trinajstić information content (AvgIpc) is 3.19. The van der Waals surface area contributed by atoms with Gasteiger partial charge in [-0.15, -0.1) is 0 Å². The molecule has 6 heteroatoms. The smallest absolute Gasteiger partial charge is 0.287 e. The molecule has 0 unspecified atom stereocenters. The first-order valence-corrected chi connectivity index (χ1v) is 7.69. The van der Waals surface area contributed by atoms with E-state index in [0.717, 1.165) is 0 Å². The number of carbonyl (C=O) groups is 1. The van der Waals surface area contributed by atoms with Crippen molar-refractivity contribution in [3.05, 3.63) is 70.3 Å². The highest BCUT2D eigenvalue weighted by atomic mass is 35.5. The van der Waals surface area contributed by atoms with E-state index >= 15 is 0 Å². The summed E-state index contributed by atoms with van der Waals surface area (Å²) in [5, 5.41) is 3.80. The average molecular weight is 350 g/mol. The van der Waals surface area contributed by atoms with Crippen molar-refractivity contribution >= 4 is 29.1 Å². The van der Waals surface area contributed by atoms with Gasteiger partial charge < -0.3 is 14.2 Å². The summed E-state index contributed by atoms with van der Waals surface area (Å²) in [4.78, 5) is 12.2. The van der Waals surface area contributed by atoms with Gasteiger partial charge in [0.2, 0.25) is 0 Å². The Morgan fingerprint density at radius 3 is 2.70 bits per heavy atom. The standard InChI is InChI=1S/C17H13Cl2NO3/c1-10(14-3-2-8-22-14)20-17(21)16-7-6-15(23-16)12-5-4-11(18)9-13(12)19/h2-10H,1H3,(H,20,21)/t10-/m0/s1. The zero-order valence-corrected chi connectivity index (χ0v) is 13.7. The van der Waals surface area contributed by atoms with Gasteiger partial charge >= 0.3 is 0 Å². The Labute approximate surface area is 143 Å². The van der Waals surface area contributed by atoms with E-state index < -0.39 is 0 Å². The minimum atomic E-state index is -0.328. The fourth-order valence-corrected chi connectivity index (χ4v) is 2.67. The topological polar surface area (TPSA) is 55.4 Å². The molecule has 0 saturated carbocycles. The fraction of sp³-hybridized carbons (Fsp3) is 0.118. The quantitative estimate of drug-likeness (QED) is 0.691. The summed E-state index contributed by atoms with van der Waals surface area (Å²) in [6.07, 6.45) is 1.56. The molecule has 1 atom stereocenters. The van der Waals surface area contributed by atoms with Gasteiger partial charge in [0, 0.05) is 10.6 Å². The SMILES string of the molecule is C[C@H](NC(=O)c1ccc(-c2ccc(Cl)cc2Cl)o1)c1ccco1. The molecule has 0 aliphatic carbocycles. The molecule has 0 bridgehead atoms. The van der Waals surface area contributed by atoms with Crippen LogP contribution in [0, 0.1) is 0 Å². The van der Waals surface area contributed by atoms with Crippen molar-refractivity contribution in [1.29, 1.82) is 0 Å². The molecule has 0 aliphatic rings. The maximum absolute atomic E-state index is 12.2. The summed E-state index contributed by atoms with van der Waals surface area (Å²) in [6, 6.07) is 11.7. The van der Waals surface area contributed by atoms with Gasteiger partial charge in [0.1, 0.15) is 11.5 Å². The number of furan rings is 2. The third-order valence-electron chi connectivity index (χ3n) is 3.34. The summed E-state index contributed by atoms with van der Waals surface area (Å²) in [5.74, 6) is 1.04. The van der Waals surface area contributed by atoms with Crippen LogP contribution in [0.5, 0.6) is 0 Å². The first-order valence-electron chi connectivity index (χ1n) is 6.94. The largest absolute Gasteiger partial charge is 0.467 e. The highest BCUT2D eigenvalue weighted by Crippen LogP contribution is 2.31. The zero-order valence-electron chi connectivity index (χ0n) is 12.2. The van der Waals surface area contributed by atoms with E-state index in [9.17, 15) is 4.79 Å². The van der Waals surface area contributed by atoms with Crippen LogP contribution in [0.25, 0.3) is 11.3 Å². The van der Waals surface area contributed by atoms with Crippen molar-refractivity contribution in [2.45, 2.75) is 13.0 Å². The molecule has 0 aliphatic heterocycles. The second kappa shape index (κ2) is 6.52. The van der Waals surface area contributed by atoms with Crippen LogP contribution in [0.15, 0.2) is 57.6 Å². The lowest BCUT2D eigenvalue weighted by molar-refractivity contribution is 0.0908. The Morgan fingerprint density at radius 1 is 1.17 bits per heavy atom. The molecule has 0 radical (unpaired) electrons. The van der Waals surface area contributed by atoms with Crippen LogP contribution < -0.4 is 5.32 Å². The summed E-state index contributed by atoms with van der Waals surface area (Å²) < 4.78 is 10.9.